The third-order valence-corrected chi connectivity index (χ3v) is 6.60. The molecule has 1 aromatic carbocycles. The Kier molecular flexibility index (Phi) is 5.02. The van der Waals surface area contributed by atoms with Gasteiger partial charge in [-0.2, -0.15) is 13.1 Å². The Morgan fingerprint density at radius 2 is 2.09 bits per heavy atom. The highest BCUT2D eigenvalue weighted by molar-refractivity contribution is 7.89. The van der Waals surface area contributed by atoms with Crippen molar-refractivity contribution in [3.05, 3.63) is 40.6 Å². The molecule has 0 amide bonds. The van der Waals surface area contributed by atoms with E-state index in [2.05, 4.69) is 8.75 Å². The summed E-state index contributed by atoms with van der Waals surface area (Å²) in [5, 5.41) is 1.93. The van der Waals surface area contributed by atoms with Gasteiger partial charge in [-0.05, 0) is 23.6 Å². The van der Waals surface area contributed by atoms with Crippen LogP contribution >= 0.6 is 23.1 Å². The minimum absolute atomic E-state index is 0.191. The van der Waals surface area contributed by atoms with Gasteiger partial charge in [-0.1, -0.05) is 12.1 Å². The molecule has 0 N–H and O–H groups in total. The lowest BCUT2D eigenvalue weighted by Gasteiger charge is -2.21. The SMILES string of the molecule is COCCN(Cc1cccs1)S(=O)(=O)c1cccc2nsnc12. The minimum Gasteiger partial charge on any atom is -0.383 e. The largest absolute Gasteiger partial charge is 0.383 e. The maximum absolute atomic E-state index is 13.1. The molecule has 0 saturated carbocycles. The van der Waals surface area contributed by atoms with E-state index >= 15 is 0 Å². The van der Waals surface area contributed by atoms with Gasteiger partial charge in [-0.25, -0.2) is 8.42 Å². The first-order chi connectivity index (χ1) is 11.1. The van der Waals surface area contributed by atoms with Crippen LogP contribution in [0.5, 0.6) is 0 Å². The van der Waals surface area contributed by atoms with Gasteiger partial charge in [0.15, 0.2) is 0 Å². The summed E-state index contributed by atoms with van der Waals surface area (Å²) in [5.41, 5.74) is 1.02. The molecule has 3 aromatic rings. The van der Waals surface area contributed by atoms with Crippen LogP contribution in [0.4, 0.5) is 0 Å². The second-order valence-electron chi connectivity index (χ2n) is 4.80. The zero-order valence-corrected chi connectivity index (χ0v) is 14.8. The molecular formula is C14H15N3O3S3. The summed E-state index contributed by atoms with van der Waals surface area (Å²) in [7, 11) is -2.13. The van der Waals surface area contributed by atoms with Crippen LogP contribution in [0.25, 0.3) is 11.0 Å². The molecule has 9 heteroatoms. The number of sulfonamides is 1. The number of nitrogens with zero attached hydrogens (tertiary/aromatic N) is 3. The zero-order chi connectivity index (χ0) is 16.3. The van der Waals surface area contributed by atoms with Gasteiger partial charge in [0.1, 0.15) is 15.9 Å². The average Bonchev–Trinajstić information content (AvgIpc) is 3.21. The molecule has 23 heavy (non-hydrogen) atoms. The number of rotatable bonds is 7. The minimum atomic E-state index is -3.68. The molecule has 6 nitrogen and oxygen atoms in total. The molecule has 0 unspecified atom stereocenters. The second kappa shape index (κ2) is 7.02. The number of ether oxygens (including phenoxy) is 1. The number of aromatic nitrogens is 2. The van der Waals surface area contributed by atoms with Crippen molar-refractivity contribution in [1.29, 1.82) is 0 Å². The number of hydrogen-bond acceptors (Lipinski definition) is 7. The molecule has 2 aromatic heterocycles. The first-order valence-electron chi connectivity index (χ1n) is 6.85. The summed E-state index contributed by atoms with van der Waals surface area (Å²) >= 11 is 2.54. The van der Waals surface area contributed by atoms with Crippen LogP contribution in [0.2, 0.25) is 0 Å². The number of thiophene rings is 1. The number of methoxy groups -OCH3 is 1. The van der Waals surface area contributed by atoms with E-state index in [0.717, 1.165) is 16.6 Å². The van der Waals surface area contributed by atoms with E-state index in [-0.39, 0.29) is 11.4 Å². The van der Waals surface area contributed by atoms with E-state index in [4.69, 9.17) is 4.74 Å². The Bertz CT molecular complexity index is 875. The van der Waals surface area contributed by atoms with Gasteiger partial charge in [-0.15, -0.1) is 11.3 Å². The van der Waals surface area contributed by atoms with Crippen LogP contribution in [-0.2, 0) is 21.3 Å². The average molecular weight is 369 g/mol. The summed E-state index contributed by atoms with van der Waals surface area (Å²) in [6.07, 6.45) is 0. The fourth-order valence-electron chi connectivity index (χ4n) is 2.18. The predicted octanol–water partition coefficient (Wildman–Crippen LogP) is 2.59. The summed E-state index contributed by atoms with van der Waals surface area (Å²) in [5.74, 6) is 0. The van der Waals surface area contributed by atoms with Gasteiger partial charge in [0.05, 0.1) is 18.3 Å². The summed E-state index contributed by atoms with van der Waals surface area (Å²) in [6.45, 7) is 0.928. The van der Waals surface area contributed by atoms with Gasteiger partial charge >= 0.3 is 0 Å². The fraction of sp³-hybridized carbons (Fsp3) is 0.286. The van der Waals surface area contributed by atoms with Crippen LogP contribution in [0.3, 0.4) is 0 Å². The highest BCUT2D eigenvalue weighted by Crippen LogP contribution is 2.26. The van der Waals surface area contributed by atoms with Crippen LogP contribution in [0.15, 0.2) is 40.6 Å². The number of hydrogen-bond donors (Lipinski definition) is 0. The maximum atomic E-state index is 13.1. The van der Waals surface area contributed by atoms with E-state index in [1.807, 2.05) is 17.5 Å². The lowest BCUT2D eigenvalue weighted by Crippen LogP contribution is -2.33. The summed E-state index contributed by atoms with van der Waals surface area (Å²) < 4.78 is 40.9. The summed E-state index contributed by atoms with van der Waals surface area (Å²) in [6, 6.07) is 8.86. The second-order valence-corrected chi connectivity index (χ2v) is 8.27. The van der Waals surface area contributed by atoms with E-state index < -0.39 is 10.0 Å². The molecule has 0 aliphatic heterocycles. The molecule has 0 fully saturated rings. The maximum Gasteiger partial charge on any atom is 0.245 e. The quantitative estimate of drug-likeness (QED) is 0.640. The Labute approximate surface area is 142 Å². The molecule has 3 rings (SSSR count). The molecular weight excluding hydrogens is 354 g/mol. The topological polar surface area (TPSA) is 72.4 Å². The molecule has 0 aliphatic carbocycles. The van der Waals surface area contributed by atoms with Crippen molar-refractivity contribution in [3.8, 4) is 0 Å². The van der Waals surface area contributed by atoms with E-state index in [1.165, 1.54) is 15.6 Å². The number of benzene rings is 1. The van der Waals surface area contributed by atoms with Crippen molar-refractivity contribution < 1.29 is 13.2 Å². The van der Waals surface area contributed by atoms with Crippen molar-refractivity contribution in [2.24, 2.45) is 0 Å². The van der Waals surface area contributed by atoms with Crippen molar-refractivity contribution in [2.75, 3.05) is 20.3 Å². The normalized spacial score (nSPS) is 12.3. The molecule has 0 atom stereocenters. The smallest absolute Gasteiger partial charge is 0.245 e. The van der Waals surface area contributed by atoms with Gasteiger partial charge in [0.25, 0.3) is 0 Å². The molecule has 122 valence electrons. The Balaban J connectivity index is 2.00. The third-order valence-electron chi connectivity index (χ3n) is 3.32. The molecule has 0 saturated heterocycles. The molecule has 2 heterocycles. The third kappa shape index (κ3) is 3.43. The monoisotopic (exact) mass is 369 g/mol. The van der Waals surface area contributed by atoms with E-state index in [0.29, 0.717) is 24.2 Å². The summed E-state index contributed by atoms with van der Waals surface area (Å²) in [4.78, 5) is 1.17. The van der Waals surface area contributed by atoms with Crippen molar-refractivity contribution in [3.63, 3.8) is 0 Å². The van der Waals surface area contributed by atoms with Crippen LogP contribution < -0.4 is 0 Å². The van der Waals surface area contributed by atoms with Gasteiger partial charge in [0, 0.05) is 25.1 Å². The highest BCUT2D eigenvalue weighted by atomic mass is 32.2. The van der Waals surface area contributed by atoms with Gasteiger partial charge in [-0.3, -0.25) is 0 Å². The van der Waals surface area contributed by atoms with Gasteiger partial charge in [0.2, 0.25) is 10.0 Å². The lowest BCUT2D eigenvalue weighted by molar-refractivity contribution is 0.177. The zero-order valence-electron chi connectivity index (χ0n) is 12.4. The Hall–Kier alpha value is -1.39. The van der Waals surface area contributed by atoms with Gasteiger partial charge < -0.3 is 4.74 Å². The Morgan fingerprint density at radius 1 is 1.22 bits per heavy atom. The van der Waals surface area contributed by atoms with Crippen LogP contribution in [-0.4, -0.2) is 41.7 Å². The van der Waals surface area contributed by atoms with Crippen molar-refractivity contribution >= 4 is 44.1 Å². The van der Waals surface area contributed by atoms with Crippen LogP contribution in [0, 0.1) is 0 Å². The number of fused-ring (bicyclic) bond motifs is 1. The van der Waals surface area contributed by atoms with Crippen LogP contribution in [0.1, 0.15) is 4.88 Å². The fourth-order valence-corrected chi connectivity index (χ4v) is 5.14. The van der Waals surface area contributed by atoms with E-state index in [9.17, 15) is 8.42 Å². The Morgan fingerprint density at radius 3 is 2.83 bits per heavy atom. The standard InChI is InChI=1S/C14H15N3O3S3/c1-20-8-7-17(10-11-4-3-9-21-11)23(18,19)13-6-2-5-12-14(13)16-22-15-12/h2-6,9H,7-8,10H2,1H3. The lowest BCUT2D eigenvalue weighted by atomic mass is 10.3. The molecule has 0 aliphatic rings. The highest BCUT2D eigenvalue weighted by Gasteiger charge is 2.27. The van der Waals surface area contributed by atoms with Crippen molar-refractivity contribution in [1.82, 2.24) is 13.1 Å². The molecule has 0 spiro atoms. The first kappa shape index (κ1) is 16.5. The molecule has 0 bridgehead atoms. The van der Waals surface area contributed by atoms with Crippen molar-refractivity contribution in [2.45, 2.75) is 11.4 Å². The first-order valence-corrected chi connectivity index (χ1v) is 9.90. The van der Waals surface area contributed by atoms with E-state index in [1.54, 1.807) is 25.3 Å². The molecule has 0 radical (unpaired) electrons. The predicted molar refractivity (Wildman–Crippen MR) is 91.2 cm³/mol.